The predicted octanol–water partition coefficient (Wildman–Crippen LogP) is 1.16. The fraction of sp³-hybridized carbons (Fsp3) is 0.500. The zero-order valence-electron chi connectivity index (χ0n) is 10.0. The number of nitrogens with one attached hydrogen (secondary N) is 1. The molecule has 0 saturated carbocycles. The second-order valence-electron chi connectivity index (χ2n) is 4.21. The molecule has 2 amide bonds. The van der Waals surface area contributed by atoms with Gasteiger partial charge in [-0.1, -0.05) is 6.92 Å². The molecule has 5 heteroatoms. The van der Waals surface area contributed by atoms with Crippen molar-refractivity contribution in [2.45, 2.75) is 32.9 Å². The first-order valence-electron chi connectivity index (χ1n) is 5.76. The summed E-state index contributed by atoms with van der Waals surface area (Å²) < 4.78 is 0. The van der Waals surface area contributed by atoms with Gasteiger partial charge in [0.05, 0.1) is 13.1 Å². The summed E-state index contributed by atoms with van der Waals surface area (Å²) >= 11 is 1.71. The van der Waals surface area contributed by atoms with E-state index in [0.717, 1.165) is 11.3 Å². The number of nitrogens with zero attached hydrogens (tertiary/aromatic N) is 1. The molecule has 1 atom stereocenters. The van der Waals surface area contributed by atoms with Gasteiger partial charge in [0, 0.05) is 9.75 Å². The van der Waals surface area contributed by atoms with Crippen molar-refractivity contribution in [1.29, 1.82) is 0 Å². The molecule has 1 aromatic heterocycles. The van der Waals surface area contributed by atoms with E-state index in [9.17, 15) is 9.59 Å². The second kappa shape index (κ2) is 4.87. The van der Waals surface area contributed by atoms with Gasteiger partial charge < -0.3 is 10.2 Å². The second-order valence-corrected chi connectivity index (χ2v) is 5.46. The van der Waals surface area contributed by atoms with Crippen molar-refractivity contribution in [3.8, 4) is 0 Å². The normalized spacial score (nSPS) is 20.6. The zero-order chi connectivity index (χ0) is 12.4. The monoisotopic (exact) mass is 252 g/mol. The predicted molar refractivity (Wildman–Crippen MR) is 66.7 cm³/mol. The van der Waals surface area contributed by atoms with Crippen molar-refractivity contribution in [3.63, 3.8) is 0 Å². The Labute approximate surface area is 105 Å². The van der Waals surface area contributed by atoms with Gasteiger partial charge in [-0.15, -0.1) is 11.3 Å². The highest BCUT2D eigenvalue weighted by molar-refractivity contribution is 7.11. The van der Waals surface area contributed by atoms with Crippen LogP contribution in [0.2, 0.25) is 0 Å². The van der Waals surface area contributed by atoms with E-state index in [4.69, 9.17) is 0 Å². The van der Waals surface area contributed by atoms with E-state index in [-0.39, 0.29) is 18.4 Å². The fourth-order valence-electron chi connectivity index (χ4n) is 1.89. The molecule has 0 radical (unpaired) electrons. The Balaban J connectivity index is 2.06. The average molecular weight is 252 g/mol. The van der Waals surface area contributed by atoms with Gasteiger partial charge in [0.25, 0.3) is 0 Å². The summed E-state index contributed by atoms with van der Waals surface area (Å²) in [4.78, 5) is 27.3. The number of hydrogen-bond donors (Lipinski definition) is 1. The lowest BCUT2D eigenvalue weighted by Gasteiger charge is -2.30. The summed E-state index contributed by atoms with van der Waals surface area (Å²) in [5.41, 5.74) is 0. The minimum absolute atomic E-state index is 0.00366. The van der Waals surface area contributed by atoms with Crippen LogP contribution in [0, 0.1) is 0 Å². The zero-order valence-corrected chi connectivity index (χ0v) is 10.8. The van der Waals surface area contributed by atoms with Crippen LogP contribution in [0.5, 0.6) is 0 Å². The Morgan fingerprint density at radius 1 is 1.41 bits per heavy atom. The maximum absolute atomic E-state index is 11.9. The highest BCUT2D eigenvalue weighted by atomic mass is 32.1. The lowest BCUT2D eigenvalue weighted by Crippen LogP contribution is -2.56. The van der Waals surface area contributed by atoms with Gasteiger partial charge in [0.1, 0.15) is 6.04 Å². The van der Waals surface area contributed by atoms with Crippen LogP contribution in [-0.2, 0) is 22.6 Å². The van der Waals surface area contributed by atoms with E-state index < -0.39 is 6.04 Å². The molecule has 0 bridgehead atoms. The van der Waals surface area contributed by atoms with E-state index in [1.54, 1.807) is 23.2 Å². The van der Waals surface area contributed by atoms with Crippen LogP contribution in [-0.4, -0.2) is 29.3 Å². The topological polar surface area (TPSA) is 49.4 Å². The van der Waals surface area contributed by atoms with Crippen LogP contribution < -0.4 is 5.32 Å². The Bertz CT molecular complexity index is 441. The summed E-state index contributed by atoms with van der Waals surface area (Å²) in [5, 5.41) is 2.63. The molecule has 1 aliphatic heterocycles. The summed E-state index contributed by atoms with van der Waals surface area (Å²) in [6.45, 7) is 4.54. The molecule has 1 N–H and O–H groups in total. The van der Waals surface area contributed by atoms with E-state index in [1.807, 2.05) is 6.07 Å². The lowest BCUT2D eigenvalue weighted by atomic mass is 10.2. The molecular formula is C12H16N2O2S. The van der Waals surface area contributed by atoms with Gasteiger partial charge in [0.15, 0.2) is 0 Å². The molecule has 1 unspecified atom stereocenters. The molecule has 0 aromatic carbocycles. The first-order valence-corrected chi connectivity index (χ1v) is 6.57. The summed E-state index contributed by atoms with van der Waals surface area (Å²) in [6.07, 6.45) is 1.01. The minimum Gasteiger partial charge on any atom is -0.343 e. The molecule has 0 aliphatic carbocycles. The fourth-order valence-corrected chi connectivity index (χ4v) is 2.87. The number of carbonyl (C=O) groups excluding carboxylic acids is 2. The van der Waals surface area contributed by atoms with Crippen LogP contribution in [0.4, 0.5) is 0 Å². The van der Waals surface area contributed by atoms with E-state index in [2.05, 4.69) is 18.3 Å². The van der Waals surface area contributed by atoms with Crippen molar-refractivity contribution in [1.82, 2.24) is 10.2 Å². The lowest BCUT2D eigenvalue weighted by molar-refractivity contribution is -0.144. The van der Waals surface area contributed by atoms with Crippen LogP contribution in [0.3, 0.4) is 0 Å². The van der Waals surface area contributed by atoms with Crippen molar-refractivity contribution < 1.29 is 9.59 Å². The van der Waals surface area contributed by atoms with Gasteiger partial charge >= 0.3 is 0 Å². The molecule has 1 saturated heterocycles. The summed E-state index contributed by atoms with van der Waals surface area (Å²) in [7, 11) is 0. The molecule has 92 valence electrons. The molecular weight excluding hydrogens is 236 g/mol. The summed E-state index contributed by atoms with van der Waals surface area (Å²) in [5.74, 6) is -0.0829. The van der Waals surface area contributed by atoms with Crippen molar-refractivity contribution >= 4 is 23.2 Å². The van der Waals surface area contributed by atoms with Gasteiger partial charge in [-0.3, -0.25) is 9.59 Å². The van der Waals surface area contributed by atoms with E-state index in [0.29, 0.717) is 6.54 Å². The first-order chi connectivity index (χ1) is 8.10. The van der Waals surface area contributed by atoms with Crippen molar-refractivity contribution in [2.24, 2.45) is 0 Å². The third-order valence-corrected chi connectivity index (χ3v) is 4.02. The van der Waals surface area contributed by atoms with Crippen LogP contribution in [0.15, 0.2) is 12.1 Å². The number of carbonyl (C=O) groups is 2. The maximum atomic E-state index is 11.9. The number of aryl methyl sites for hydroxylation is 1. The van der Waals surface area contributed by atoms with Crippen molar-refractivity contribution in [3.05, 3.63) is 21.9 Å². The molecule has 2 heterocycles. The standard InChI is InChI=1S/C12H16N2O2S/c1-3-9-4-5-10(17-9)6-14-7-11(15)13-8(2)12(14)16/h4-5,8H,3,6-7H2,1-2H3,(H,13,15). The molecule has 17 heavy (non-hydrogen) atoms. The Morgan fingerprint density at radius 2 is 2.12 bits per heavy atom. The highest BCUT2D eigenvalue weighted by Gasteiger charge is 2.29. The SMILES string of the molecule is CCc1ccc(CN2CC(=O)NC(C)C2=O)s1. The third-order valence-electron chi connectivity index (χ3n) is 2.81. The number of amides is 2. The highest BCUT2D eigenvalue weighted by Crippen LogP contribution is 2.19. The van der Waals surface area contributed by atoms with Gasteiger partial charge in [-0.2, -0.15) is 0 Å². The van der Waals surface area contributed by atoms with Gasteiger partial charge in [0.2, 0.25) is 11.8 Å². The molecule has 4 nitrogen and oxygen atoms in total. The molecule has 1 aliphatic rings. The van der Waals surface area contributed by atoms with E-state index in [1.165, 1.54) is 4.88 Å². The van der Waals surface area contributed by atoms with Crippen LogP contribution in [0.1, 0.15) is 23.6 Å². The van der Waals surface area contributed by atoms with Gasteiger partial charge in [-0.05, 0) is 25.5 Å². The minimum atomic E-state index is -0.401. The largest absolute Gasteiger partial charge is 0.343 e. The Morgan fingerprint density at radius 3 is 2.76 bits per heavy atom. The number of rotatable bonds is 3. The smallest absolute Gasteiger partial charge is 0.245 e. The Hall–Kier alpha value is -1.36. The number of hydrogen-bond acceptors (Lipinski definition) is 3. The molecule has 0 spiro atoms. The van der Waals surface area contributed by atoms with E-state index >= 15 is 0 Å². The van der Waals surface area contributed by atoms with Crippen LogP contribution in [0.25, 0.3) is 0 Å². The summed E-state index contributed by atoms with van der Waals surface area (Å²) in [6, 6.07) is 3.72. The quantitative estimate of drug-likeness (QED) is 0.877. The third kappa shape index (κ3) is 2.66. The molecule has 2 rings (SSSR count). The van der Waals surface area contributed by atoms with Crippen LogP contribution >= 0.6 is 11.3 Å². The first kappa shape index (κ1) is 12.1. The number of thiophene rings is 1. The maximum Gasteiger partial charge on any atom is 0.245 e. The van der Waals surface area contributed by atoms with Gasteiger partial charge in [-0.25, -0.2) is 0 Å². The van der Waals surface area contributed by atoms with Crippen molar-refractivity contribution in [2.75, 3.05) is 6.54 Å². The Kier molecular flexibility index (Phi) is 3.47. The molecule has 1 aromatic rings. The molecule has 1 fully saturated rings. The number of piperazine rings is 1. The average Bonchev–Trinajstić information content (AvgIpc) is 2.73.